The van der Waals surface area contributed by atoms with Gasteiger partial charge in [-0.25, -0.2) is 0 Å². The van der Waals surface area contributed by atoms with Gasteiger partial charge in [-0.2, -0.15) is 23.5 Å². The van der Waals surface area contributed by atoms with Crippen LogP contribution < -0.4 is 5.32 Å². The molecular formula is C18H29NS2. The van der Waals surface area contributed by atoms with Crippen LogP contribution in [0.1, 0.15) is 44.2 Å². The lowest BCUT2D eigenvalue weighted by Gasteiger charge is -2.36. The molecule has 118 valence electrons. The fourth-order valence-electron chi connectivity index (χ4n) is 2.99. The first-order valence-electron chi connectivity index (χ1n) is 8.15. The van der Waals surface area contributed by atoms with E-state index in [1.54, 1.807) is 0 Å². The maximum absolute atomic E-state index is 3.59. The van der Waals surface area contributed by atoms with Crippen molar-refractivity contribution in [3.8, 4) is 0 Å². The van der Waals surface area contributed by atoms with Gasteiger partial charge in [0.15, 0.2) is 0 Å². The topological polar surface area (TPSA) is 12.0 Å². The highest BCUT2D eigenvalue weighted by atomic mass is 32.2. The summed E-state index contributed by atoms with van der Waals surface area (Å²) in [4.78, 5) is 0. The molecule has 0 aromatic heterocycles. The average molecular weight is 324 g/mol. The van der Waals surface area contributed by atoms with Crippen LogP contribution in [0.15, 0.2) is 24.3 Å². The largest absolute Gasteiger partial charge is 0.316 e. The van der Waals surface area contributed by atoms with E-state index in [-0.39, 0.29) is 0 Å². The minimum absolute atomic E-state index is 0.581. The molecular weight excluding hydrogens is 294 g/mol. The summed E-state index contributed by atoms with van der Waals surface area (Å²) in [7, 11) is 2.12. The molecule has 0 amide bonds. The van der Waals surface area contributed by atoms with Crippen molar-refractivity contribution in [1.82, 2.24) is 5.32 Å². The molecule has 0 saturated carbocycles. The van der Waals surface area contributed by atoms with Crippen LogP contribution in [0.5, 0.6) is 0 Å². The molecule has 3 heteroatoms. The Balaban J connectivity index is 2.03. The third-order valence-electron chi connectivity index (χ3n) is 4.36. The first kappa shape index (κ1) is 17.2. The average Bonchev–Trinajstić information content (AvgIpc) is 2.53. The molecule has 1 aromatic carbocycles. The third kappa shape index (κ3) is 4.67. The molecule has 21 heavy (non-hydrogen) atoms. The first-order chi connectivity index (χ1) is 10.2. The van der Waals surface area contributed by atoms with Gasteiger partial charge < -0.3 is 5.32 Å². The number of hydrogen-bond donors (Lipinski definition) is 1. The molecule has 0 spiro atoms. The van der Waals surface area contributed by atoms with Crippen molar-refractivity contribution in [2.24, 2.45) is 0 Å². The second kappa shape index (κ2) is 8.50. The maximum Gasteiger partial charge on any atom is 0.0323 e. The van der Waals surface area contributed by atoms with Gasteiger partial charge in [-0.3, -0.25) is 0 Å². The molecule has 1 N–H and O–H groups in total. The van der Waals surface area contributed by atoms with E-state index in [1.807, 2.05) is 0 Å². The van der Waals surface area contributed by atoms with Crippen molar-refractivity contribution in [3.63, 3.8) is 0 Å². The predicted molar refractivity (Wildman–Crippen MR) is 99.9 cm³/mol. The third-order valence-corrected chi connectivity index (χ3v) is 7.77. The molecule has 1 saturated heterocycles. The number of hydrogen-bond acceptors (Lipinski definition) is 3. The summed E-state index contributed by atoms with van der Waals surface area (Å²) >= 11 is 4.34. The van der Waals surface area contributed by atoms with Gasteiger partial charge in [0.05, 0.1) is 0 Å². The van der Waals surface area contributed by atoms with Crippen molar-refractivity contribution in [2.75, 3.05) is 18.6 Å². The van der Waals surface area contributed by atoms with Crippen LogP contribution in [-0.4, -0.2) is 35.1 Å². The van der Waals surface area contributed by atoms with E-state index >= 15 is 0 Å². The van der Waals surface area contributed by atoms with Crippen molar-refractivity contribution < 1.29 is 0 Å². The smallest absolute Gasteiger partial charge is 0.0323 e. The second-order valence-electron chi connectivity index (χ2n) is 6.15. The lowest BCUT2D eigenvalue weighted by atomic mass is 9.97. The molecule has 0 radical (unpaired) electrons. The van der Waals surface area contributed by atoms with Crippen molar-refractivity contribution in [2.45, 2.75) is 56.1 Å². The molecule has 1 aromatic rings. The Kier molecular flexibility index (Phi) is 6.97. The highest BCUT2D eigenvalue weighted by Gasteiger charge is 2.31. The van der Waals surface area contributed by atoms with Crippen LogP contribution in [0, 0.1) is 0 Å². The normalized spacial score (nSPS) is 24.2. The van der Waals surface area contributed by atoms with E-state index < -0.39 is 0 Å². The number of likely N-dealkylation sites (N-methyl/N-ethyl adjacent to an activating group) is 1. The fourth-order valence-corrected chi connectivity index (χ4v) is 6.29. The number of thioether (sulfide) groups is 2. The summed E-state index contributed by atoms with van der Waals surface area (Å²) in [6, 6.07) is 9.82. The minimum atomic E-state index is 0.581. The zero-order chi connectivity index (χ0) is 15.2. The highest BCUT2D eigenvalue weighted by molar-refractivity contribution is 8.07. The number of rotatable bonds is 6. The molecule has 3 unspecified atom stereocenters. The molecule has 0 aliphatic carbocycles. The zero-order valence-electron chi connectivity index (χ0n) is 13.8. The lowest BCUT2D eigenvalue weighted by molar-refractivity contribution is 0.517. The Bertz CT molecular complexity index is 416. The standard InChI is InChI=1S/C18H29NS2/c1-5-17-18(21-11-10-20-17)16(19-4)12-14-6-8-15(9-7-14)13(2)3/h6-9,13,16-19H,5,10-12H2,1-4H3. The van der Waals surface area contributed by atoms with Crippen molar-refractivity contribution >= 4 is 23.5 Å². The van der Waals surface area contributed by atoms with Crippen LogP contribution in [0.3, 0.4) is 0 Å². The van der Waals surface area contributed by atoms with Crippen LogP contribution in [0.2, 0.25) is 0 Å². The summed E-state index contributed by atoms with van der Waals surface area (Å²) in [5.41, 5.74) is 2.90. The highest BCUT2D eigenvalue weighted by Crippen LogP contribution is 2.36. The molecule has 1 aliphatic heterocycles. The van der Waals surface area contributed by atoms with Gasteiger partial charge in [0, 0.05) is 28.0 Å². The van der Waals surface area contributed by atoms with E-state index in [0.717, 1.165) is 16.9 Å². The zero-order valence-corrected chi connectivity index (χ0v) is 15.4. The van der Waals surface area contributed by atoms with Gasteiger partial charge >= 0.3 is 0 Å². The Morgan fingerprint density at radius 2 is 1.81 bits per heavy atom. The minimum Gasteiger partial charge on any atom is -0.316 e. The van der Waals surface area contributed by atoms with Gasteiger partial charge in [0.2, 0.25) is 0 Å². The van der Waals surface area contributed by atoms with E-state index in [9.17, 15) is 0 Å². The SMILES string of the molecule is CCC1SCCSC1C(Cc1ccc(C(C)C)cc1)NC. The summed E-state index contributed by atoms with van der Waals surface area (Å²) < 4.78 is 0. The Morgan fingerprint density at radius 1 is 1.14 bits per heavy atom. The molecule has 1 nitrogen and oxygen atoms in total. The number of benzene rings is 1. The van der Waals surface area contributed by atoms with E-state index in [4.69, 9.17) is 0 Å². The first-order valence-corrected chi connectivity index (χ1v) is 10.2. The summed E-state index contributed by atoms with van der Waals surface area (Å²) in [6.45, 7) is 6.85. The van der Waals surface area contributed by atoms with E-state index in [2.05, 4.69) is 80.9 Å². The molecule has 1 fully saturated rings. The van der Waals surface area contributed by atoms with E-state index in [1.165, 1.54) is 29.1 Å². The predicted octanol–water partition coefficient (Wildman–Crippen LogP) is 4.57. The molecule has 1 aliphatic rings. The van der Waals surface area contributed by atoms with Crippen LogP contribution in [0.25, 0.3) is 0 Å². The molecule has 2 rings (SSSR count). The van der Waals surface area contributed by atoms with Gasteiger partial charge in [0.25, 0.3) is 0 Å². The van der Waals surface area contributed by atoms with Crippen molar-refractivity contribution in [3.05, 3.63) is 35.4 Å². The Morgan fingerprint density at radius 3 is 2.38 bits per heavy atom. The summed E-state index contributed by atoms with van der Waals surface area (Å²) in [5.74, 6) is 3.24. The van der Waals surface area contributed by atoms with E-state index in [0.29, 0.717) is 12.0 Å². The second-order valence-corrected chi connectivity index (χ2v) is 8.78. The molecule has 0 bridgehead atoms. The summed E-state index contributed by atoms with van der Waals surface area (Å²) in [5, 5.41) is 5.13. The Hall–Kier alpha value is -0.120. The van der Waals surface area contributed by atoms with Crippen molar-refractivity contribution in [1.29, 1.82) is 0 Å². The van der Waals surface area contributed by atoms with Gasteiger partial charge in [-0.1, -0.05) is 45.0 Å². The van der Waals surface area contributed by atoms with Gasteiger partial charge in [0.1, 0.15) is 0 Å². The lowest BCUT2D eigenvalue weighted by Crippen LogP contribution is -2.44. The monoisotopic (exact) mass is 323 g/mol. The number of nitrogens with one attached hydrogen (secondary N) is 1. The summed E-state index contributed by atoms with van der Waals surface area (Å²) in [6.07, 6.45) is 2.43. The maximum atomic E-state index is 3.59. The van der Waals surface area contributed by atoms with Crippen LogP contribution in [0.4, 0.5) is 0 Å². The van der Waals surface area contributed by atoms with Crippen LogP contribution >= 0.6 is 23.5 Å². The Labute approximate surface area is 139 Å². The van der Waals surface area contributed by atoms with Crippen LogP contribution in [-0.2, 0) is 6.42 Å². The quantitative estimate of drug-likeness (QED) is 0.824. The fraction of sp³-hybridized carbons (Fsp3) is 0.667. The van der Waals surface area contributed by atoms with Gasteiger partial charge in [-0.15, -0.1) is 0 Å². The van der Waals surface area contributed by atoms with Gasteiger partial charge in [-0.05, 0) is 36.9 Å². The molecule has 3 atom stereocenters. The molecule has 1 heterocycles.